The predicted molar refractivity (Wildman–Crippen MR) is 170 cm³/mol. The van der Waals surface area contributed by atoms with Crippen molar-refractivity contribution in [2.24, 2.45) is 0 Å². The molecule has 3 aromatic rings. The number of nitrogens with zero attached hydrogens (tertiary/aromatic N) is 5. The van der Waals surface area contributed by atoms with Gasteiger partial charge in [0.25, 0.3) is 0 Å². The van der Waals surface area contributed by atoms with E-state index in [9.17, 15) is 9.59 Å². The normalized spacial score (nSPS) is 20.6. The molecule has 1 unspecified atom stereocenters. The van der Waals surface area contributed by atoms with Crippen molar-refractivity contribution in [3.63, 3.8) is 0 Å². The molecule has 1 atom stereocenters. The number of fused-ring (bicyclic) bond motifs is 2. The number of hydrogen-bond donors (Lipinski definition) is 1. The van der Waals surface area contributed by atoms with E-state index in [1.54, 1.807) is 22.1 Å². The highest BCUT2D eigenvalue weighted by Crippen LogP contribution is 2.39. The molecule has 2 saturated heterocycles. The minimum absolute atomic E-state index is 0.0581. The van der Waals surface area contributed by atoms with Gasteiger partial charge >= 0.3 is 0 Å². The Kier molecular flexibility index (Phi) is 8.19. The maximum atomic E-state index is 16.0. The number of aryl methyl sites for hydroxylation is 1. The summed E-state index contributed by atoms with van der Waals surface area (Å²) in [5, 5.41) is 3.50. The second-order valence-corrected chi connectivity index (χ2v) is 12.0. The number of rotatable bonds is 5. The van der Waals surface area contributed by atoms with Crippen LogP contribution < -0.4 is 25.4 Å². The molecule has 0 spiro atoms. The zero-order valence-corrected chi connectivity index (χ0v) is 25.7. The molecule has 3 aliphatic rings. The first-order valence-corrected chi connectivity index (χ1v) is 15.4. The average molecular weight is 609 g/mol. The van der Waals surface area contributed by atoms with Crippen molar-refractivity contribution < 1.29 is 18.0 Å². The van der Waals surface area contributed by atoms with Gasteiger partial charge in [0.05, 0.1) is 22.5 Å². The quantitative estimate of drug-likeness (QED) is 0.438. The highest BCUT2D eigenvalue weighted by Gasteiger charge is 2.35. The standard InChI is InChI=1S/C33H39F3N6O2/c1-5-39-18-21(32(43)23-14-25(34)28(16-27(23)39)41-11-9-38(4)10-12-41)13-22-19-40(6-2)30-24(33(22)44)15-26(35)31(29(30)36)42-8-7-37-20(3)17-42/h13-16,18,20,37H,5-12,17,19H2,1-4H3/b22-13+. The molecule has 3 aliphatic heterocycles. The third-order valence-electron chi connectivity index (χ3n) is 9.14. The molecule has 0 bridgehead atoms. The number of hydrogen-bond acceptors (Lipinski definition) is 7. The molecule has 1 aromatic heterocycles. The fourth-order valence-corrected chi connectivity index (χ4v) is 6.68. The van der Waals surface area contributed by atoms with Gasteiger partial charge in [0, 0.05) is 94.2 Å². The number of aromatic nitrogens is 1. The number of pyridine rings is 1. The summed E-state index contributed by atoms with van der Waals surface area (Å²) in [5.41, 5.74) is 1.05. The summed E-state index contributed by atoms with van der Waals surface area (Å²) in [5.74, 6) is -2.52. The van der Waals surface area contributed by atoms with Crippen LogP contribution in [0.5, 0.6) is 0 Å². The average Bonchev–Trinajstić information content (AvgIpc) is 3.00. The summed E-state index contributed by atoms with van der Waals surface area (Å²) < 4.78 is 48.8. The minimum Gasteiger partial charge on any atom is -0.367 e. The summed E-state index contributed by atoms with van der Waals surface area (Å²) in [4.78, 5) is 35.0. The Morgan fingerprint density at radius 3 is 2.36 bits per heavy atom. The maximum Gasteiger partial charge on any atom is 0.196 e. The van der Waals surface area contributed by atoms with Crippen LogP contribution in [0.4, 0.5) is 30.2 Å². The summed E-state index contributed by atoms with van der Waals surface area (Å²) in [6, 6.07) is 4.22. The second kappa shape index (κ2) is 11.9. The molecule has 2 aromatic carbocycles. The maximum absolute atomic E-state index is 16.0. The summed E-state index contributed by atoms with van der Waals surface area (Å²) in [6.07, 6.45) is 3.17. The van der Waals surface area contributed by atoms with E-state index in [-0.39, 0.29) is 46.0 Å². The molecule has 0 aliphatic carbocycles. The third kappa shape index (κ3) is 5.26. The van der Waals surface area contributed by atoms with Gasteiger partial charge in [-0.15, -0.1) is 0 Å². The van der Waals surface area contributed by atoms with Gasteiger partial charge in [0.1, 0.15) is 17.3 Å². The van der Waals surface area contributed by atoms with E-state index >= 15 is 13.2 Å². The van der Waals surface area contributed by atoms with Crippen LogP contribution in [0.25, 0.3) is 17.0 Å². The number of carbonyl (C=O) groups is 1. The number of benzene rings is 2. The van der Waals surface area contributed by atoms with Gasteiger partial charge in [-0.3, -0.25) is 9.59 Å². The zero-order valence-electron chi connectivity index (χ0n) is 25.7. The van der Waals surface area contributed by atoms with Crippen LogP contribution in [0.2, 0.25) is 0 Å². The van der Waals surface area contributed by atoms with E-state index < -0.39 is 28.7 Å². The van der Waals surface area contributed by atoms with Crippen molar-refractivity contribution in [2.75, 3.05) is 80.7 Å². The molecule has 4 heterocycles. The van der Waals surface area contributed by atoms with Gasteiger partial charge < -0.3 is 29.5 Å². The minimum atomic E-state index is -0.785. The van der Waals surface area contributed by atoms with Gasteiger partial charge in [-0.05, 0) is 52.1 Å². The first kappa shape index (κ1) is 30.2. The first-order chi connectivity index (χ1) is 21.1. The third-order valence-corrected chi connectivity index (χ3v) is 9.14. The lowest BCUT2D eigenvalue weighted by atomic mass is 9.93. The topological polar surface area (TPSA) is 64.1 Å². The molecular formula is C33H39F3N6O2. The number of anilines is 3. The van der Waals surface area contributed by atoms with Crippen molar-refractivity contribution in [2.45, 2.75) is 33.4 Å². The number of halogens is 3. The van der Waals surface area contributed by atoms with E-state index in [0.29, 0.717) is 57.0 Å². The molecule has 8 nitrogen and oxygen atoms in total. The van der Waals surface area contributed by atoms with E-state index in [1.165, 1.54) is 12.1 Å². The van der Waals surface area contributed by atoms with Gasteiger partial charge in [0.2, 0.25) is 0 Å². The molecule has 2 fully saturated rings. The second-order valence-electron chi connectivity index (χ2n) is 12.0. The number of ketones is 1. The Bertz CT molecular complexity index is 1710. The van der Waals surface area contributed by atoms with Gasteiger partial charge in [-0.2, -0.15) is 0 Å². The predicted octanol–water partition coefficient (Wildman–Crippen LogP) is 4.09. The Balaban J connectivity index is 1.41. The molecule has 1 N–H and O–H groups in total. The zero-order chi connectivity index (χ0) is 31.3. The van der Waals surface area contributed by atoms with Crippen LogP contribution in [0.3, 0.4) is 0 Å². The van der Waals surface area contributed by atoms with Crippen LogP contribution in [0.15, 0.2) is 34.8 Å². The van der Waals surface area contributed by atoms with E-state index in [4.69, 9.17) is 0 Å². The number of piperazine rings is 2. The number of nitrogens with one attached hydrogen (secondary N) is 1. The number of carbonyl (C=O) groups excluding carboxylic acids is 1. The van der Waals surface area contributed by atoms with Crippen LogP contribution >= 0.6 is 0 Å². The lowest BCUT2D eigenvalue weighted by Gasteiger charge is -2.37. The van der Waals surface area contributed by atoms with Crippen molar-refractivity contribution in [1.82, 2.24) is 14.8 Å². The number of Topliss-reactive ketones (excluding diaryl/α,β-unsaturated/α-hetero) is 1. The van der Waals surface area contributed by atoms with Crippen molar-refractivity contribution in [3.8, 4) is 0 Å². The van der Waals surface area contributed by atoms with Crippen molar-refractivity contribution in [3.05, 3.63) is 68.8 Å². The fraction of sp³-hybridized carbons (Fsp3) is 0.455. The summed E-state index contributed by atoms with van der Waals surface area (Å²) in [7, 11) is 2.03. The molecule has 234 valence electrons. The molecule has 0 amide bonds. The molecule has 0 saturated carbocycles. The van der Waals surface area contributed by atoms with Crippen LogP contribution in [0.1, 0.15) is 36.7 Å². The van der Waals surface area contributed by atoms with E-state index in [1.807, 2.05) is 37.3 Å². The van der Waals surface area contributed by atoms with Gasteiger partial charge in [-0.1, -0.05) is 0 Å². The van der Waals surface area contributed by atoms with Gasteiger partial charge in [-0.25, -0.2) is 13.2 Å². The van der Waals surface area contributed by atoms with E-state index in [0.717, 1.165) is 19.2 Å². The Morgan fingerprint density at radius 1 is 0.932 bits per heavy atom. The largest absolute Gasteiger partial charge is 0.367 e. The highest BCUT2D eigenvalue weighted by atomic mass is 19.1. The lowest BCUT2D eigenvalue weighted by Crippen LogP contribution is -2.50. The molecule has 11 heteroatoms. The van der Waals surface area contributed by atoms with Gasteiger partial charge in [0.15, 0.2) is 17.0 Å². The Hall–Kier alpha value is -3.83. The first-order valence-electron chi connectivity index (χ1n) is 15.4. The number of likely N-dealkylation sites (N-methyl/N-ethyl adjacent to an activating group) is 2. The SMILES string of the molecule is CCN1C/C(=C\c2cn(CC)c3cc(N4CCN(C)CC4)c(F)cc3c2=O)C(=O)c2cc(F)c(N3CCNC(C)C3)c(F)c21. The molecule has 6 rings (SSSR count). The molecule has 44 heavy (non-hydrogen) atoms. The van der Waals surface area contributed by atoms with Crippen molar-refractivity contribution in [1.29, 1.82) is 0 Å². The van der Waals surface area contributed by atoms with Crippen LogP contribution in [-0.4, -0.2) is 87.2 Å². The Labute approximate surface area is 255 Å². The smallest absolute Gasteiger partial charge is 0.196 e. The van der Waals surface area contributed by atoms with Crippen LogP contribution in [0, 0.1) is 17.5 Å². The monoisotopic (exact) mass is 608 g/mol. The molecular weight excluding hydrogens is 569 g/mol. The summed E-state index contributed by atoms with van der Waals surface area (Å²) in [6.45, 7) is 11.2. The Morgan fingerprint density at radius 2 is 1.68 bits per heavy atom. The van der Waals surface area contributed by atoms with E-state index in [2.05, 4.69) is 10.2 Å². The van der Waals surface area contributed by atoms with Crippen LogP contribution in [-0.2, 0) is 6.54 Å². The molecule has 0 radical (unpaired) electrons. The lowest BCUT2D eigenvalue weighted by molar-refractivity contribution is 0.103. The summed E-state index contributed by atoms with van der Waals surface area (Å²) >= 11 is 0. The van der Waals surface area contributed by atoms with Crippen molar-refractivity contribution >= 4 is 39.8 Å². The fourth-order valence-electron chi connectivity index (χ4n) is 6.68. The highest BCUT2D eigenvalue weighted by molar-refractivity contribution is 6.17.